The van der Waals surface area contributed by atoms with E-state index in [1.54, 1.807) is 24.3 Å². The number of nitrogens with one attached hydrogen (secondary N) is 1. The molecule has 0 spiro atoms. The molecule has 0 atom stereocenters. The van der Waals surface area contributed by atoms with E-state index in [1.807, 2.05) is 0 Å². The number of ether oxygens (including phenoxy) is 1. The number of amides is 1. The van der Waals surface area contributed by atoms with Crippen LogP contribution < -0.4 is 5.32 Å². The van der Waals surface area contributed by atoms with E-state index in [1.165, 1.54) is 0 Å². The van der Waals surface area contributed by atoms with Gasteiger partial charge in [0.2, 0.25) is 0 Å². The highest BCUT2D eigenvalue weighted by Crippen LogP contribution is 2.15. The highest BCUT2D eigenvalue weighted by atomic mass is 35.5. The zero-order valence-electron chi connectivity index (χ0n) is 13.4. The van der Waals surface area contributed by atoms with Gasteiger partial charge in [-0.05, 0) is 36.4 Å². The van der Waals surface area contributed by atoms with Gasteiger partial charge in [-0.2, -0.15) is 0 Å². The third-order valence-electron chi connectivity index (χ3n) is 3.29. The minimum absolute atomic E-state index is 0.0886. The monoisotopic (exact) mass is 381 g/mol. The second-order valence-corrected chi connectivity index (χ2v) is 5.70. The fraction of sp³-hybridized carbons (Fsp3) is 0.167. The largest absolute Gasteiger partial charge is 0.456 e. The van der Waals surface area contributed by atoms with E-state index in [0.29, 0.717) is 16.7 Å². The van der Waals surface area contributed by atoms with Crippen molar-refractivity contribution in [3.63, 3.8) is 0 Å². The van der Waals surface area contributed by atoms with Gasteiger partial charge in [0.05, 0.1) is 12.1 Å². The van der Waals surface area contributed by atoms with E-state index < -0.39 is 30.1 Å². The summed E-state index contributed by atoms with van der Waals surface area (Å²) in [6.07, 6.45) is -0.297. The predicted octanol–water partition coefficient (Wildman–Crippen LogP) is 3.76. The average Bonchev–Trinajstić information content (AvgIpc) is 2.61. The molecule has 1 amide bonds. The van der Waals surface area contributed by atoms with E-state index in [2.05, 4.69) is 5.32 Å². The molecule has 136 valence electrons. The maximum Gasteiger partial charge on any atom is 0.306 e. The molecule has 0 aromatic heterocycles. The van der Waals surface area contributed by atoms with E-state index in [9.17, 15) is 23.2 Å². The van der Waals surface area contributed by atoms with Gasteiger partial charge in [-0.1, -0.05) is 11.6 Å². The van der Waals surface area contributed by atoms with Crippen LogP contribution in [-0.4, -0.2) is 24.3 Å². The van der Waals surface area contributed by atoms with Crippen LogP contribution in [0.3, 0.4) is 0 Å². The van der Waals surface area contributed by atoms with Crippen molar-refractivity contribution in [2.75, 3.05) is 11.9 Å². The van der Waals surface area contributed by atoms with Gasteiger partial charge in [-0.25, -0.2) is 8.78 Å². The second-order valence-electron chi connectivity index (χ2n) is 5.26. The summed E-state index contributed by atoms with van der Waals surface area (Å²) in [5.74, 6) is -3.53. The van der Waals surface area contributed by atoms with Gasteiger partial charge in [-0.3, -0.25) is 14.4 Å². The van der Waals surface area contributed by atoms with Crippen LogP contribution >= 0.6 is 11.6 Å². The van der Waals surface area contributed by atoms with Crippen molar-refractivity contribution >= 4 is 34.9 Å². The van der Waals surface area contributed by atoms with Crippen LogP contribution in [-0.2, 0) is 14.3 Å². The lowest BCUT2D eigenvalue weighted by Crippen LogP contribution is -2.21. The standard InChI is InChI=1S/C18H14ClF2NO4/c19-12-3-1-11(2-4-12)16(23)7-8-18(25)26-10-17(24)22-15-6-5-13(20)9-14(15)21/h1-6,9H,7-8,10H2,(H,22,24). The number of hydrogen-bond acceptors (Lipinski definition) is 4. The summed E-state index contributed by atoms with van der Waals surface area (Å²) in [6.45, 7) is -0.648. The molecule has 0 saturated carbocycles. The molecule has 0 unspecified atom stereocenters. The molecule has 0 fully saturated rings. The number of anilines is 1. The number of hydrogen-bond donors (Lipinski definition) is 1. The SMILES string of the molecule is O=C(COC(=O)CCC(=O)c1ccc(Cl)cc1)Nc1ccc(F)cc1F. The van der Waals surface area contributed by atoms with E-state index in [4.69, 9.17) is 16.3 Å². The van der Waals surface area contributed by atoms with Crippen molar-refractivity contribution in [3.8, 4) is 0 Å². The first-order valence-corrected chi connectivity index (χ1v) is 7.92. The van der Waals surface area contributed by atoms with Gasteiger partial charge >= 0.3 is 5.97 Å². The predicted molar refractivity (Wildman–Crippen MR) is 91.0 cm³/mol. The molecule has 5 nitrogen and oxygen atoms in total. The van der Waals surface area contributed by atoms with Crippen LogP contribution in [0.1, 0.15) is 23.2 Å². The van der Waals surface area contributed by atoms with E-state index in [0.717, 1.165) is 12.1 Å². The highest BCUT2D eigenvalue weighted by Gasteiger charge is 2.13. The van der Waals surface area contributed by atoms with Gasteiger partial charge in [0, 0.05) is 23.1 Å². The Morgan fingerprint density at radius 2 is 1.69 bits per heavy atom. The average molecular weight is 382 g/mol. The van der Waals surface area contributed by atoms with Crippen LogP contribution in [0.15, 0.2) is 42.5 Å². The number of esters is 1. The minimum Gasteiger partial charge on any atom is -0.456 e. The fourth-order valence-corrected chi connectivity index (χ4v) is 2.12. The summed E-state index contributed by atoms with van der Waals surface area (Å²) in [5, 5.41) is 2.64. The first-order valence-electron chi connectivity index (χ1n) is 7.54. The van der Waals surface area contributed by atoms with Crippen LogP contribution in [0.4, 0.5) is 14.5 Å². The van der Waals surface area contributed by atoms with Crippen molar-refractivity contribution in [1.29, 1.82) is 0 Å². The third-order valence-corrected chi connectivity index (χ3v) is 3.54. The Morgan fingerprint density at radius 1 is 1.00 bits per heavy atom. The van der Waals surface area contributed by atoms with Crippen LogP contribution in [0.5, 0.6) is 0 Å². The molecule has 2 aromatic carbocycles. The summed E-state index contributed by atoms with van der Waals surface area (Å²) < 4.78 is 30.9. The lowest BCUT2D eigenvalue weighted by atomic mass is 10.1. The Balaban J connectivity index is 1.74. The summed E-state index contributed by atoms with van der Waals surface area (Å²) in [4.78, 5) is 35.1. The molecular formula is C18H14ClF2NO4. The van der Waals surface area contributed by atoms with Gasteiger partial charge in [0.25, 0.3) is 5.91 Å². The number of carbonyl (C=O) groups excluding carboxylic acids is 3. The first kappa shape index (κ1) is 19.5. The molecule has 0 saturated heterocycles. The molecule has 0 aliphatic carbocycles. The van der Waals surface area contributed by atoms with Crippen LogP contribution in [0.2, 0.25) is 5.02 Å². The molecule has 2 rings (SSSR count). The van der Waals surface area contributed by atoms with Crippen molar-refractivity contribution in [2.45, 2.75) is 12.8 Å². The van der Waals surface area contributed by atoms with Crippen molar-refractivity contribution in [3.05, 3.63) is 64.7 Å². The first-order chi connectivity index (χ1) is 12.3. The number of rotatable bonds is 7. The lowest BCUT2D eigenvalue weighted by molar-refractivity contribution is -0.147. The minimum atomic E-state index is -0.946. The quantitative estimate of drug-likeness (QED) is 0.585. The Bertz CT molecular complexity index is 824. The molecule has 8 heteroatoms. The maximum absolute atomic E-state index is 13.4. The van der Waals surface area contributed by atoms with E-state index in [-0.39, 0.29) is 24.3 Å². The number of benzene rings is 2. The maximum atomic E-state index is 13.4. The van der Waals surface area contributed by atoms with Crippen LogP contribution in [0, 0.1) is 11.6 Å². The van der Waals surface area contributed by atoms with Gasteiger partial charge in [0.15, 0.2) is 12.4 Å². The van der Waals surface area contributed by atoms with Gasteiger partial charge in [0.1, 0.15) is 11.6 Å². The molecule has 0 heterocycles. The third kappa shape index (κ3) is 5.93. The molecule has 0 bridgehead atoms. The summed E-state index contributed by atoms with van der Waals surface area (Å²) in [6, 6.07) is 8.85. The molecule has 2 aromatic rings. The Hall–Kier alpha value is -2.80. The second kappa shape index (κ2) is 9.05. The fourth-order valence-electron chi connectivity index (χ4n) is 1.99. The number of ketones is 1. The Kier molecular flexibility index (Phi) is 6.80. The zero-order valence-corrected chi connectivity index (χ0v) is 14.2. The van der Waals surface area contributed by atoms with Gasteiger partial charge < -0.3 is 10.1 Å². The topological polar surface area (TPSA) is 72.5 Å². The molecule has 0 aliphatic rings. The normalized spacial score (nSPS) is 10.3. The lowest BCUT2D eigenvalue weighted by Gasteiger charge is -2.07. The molecule has 26 heavy (non-hydrogen) atoms. The van der Waals surface area contributed by atoms with E-state index >= 15 is 0 Å². The highest BCUT2D eigenvalue weighted by molar-refractivity contribution is 6.30. The van der Waals surface area contributed by atoms with Crippen molar-refractivity contribution < 1.29 is 27.9 Å². The molecular weight excluding hydrogens is 368 g/mol. The Labute approximate surface area is 152 Å². The van der Waals surface area contributed by atoms with Gasteiger partial charge in [-0.15, -0.1) is 0 Å². The van der Waals surface area contributed by atoms with Crippen molar-refractivity contribution in [1.82, 2.24) is 0 Å². The number of carbonyl (C=O) groups is 3. The summed E-state index contributed by atoms with van der Waals surface area (Å²) in [5.41, 5.74) is 0.178. The van der Waals surface area contributed by atoms with Crippen molar-refractivity contribution in [2.24, 2.45) is 0 Å². The number of halogens is 3. The smallest absolute Gasteiger partial charge is 0.306 e. The number of Topliss-reactive ketones (excluding diaryl/α,β-unsaturated/α-hetero) is 1. The Morgan fingerprint density at radius 3 is 2.35 bits per heavy atom. The molecule has 0 aliphatic heterocycles. The van der Waals surface area contributed by atoms with Crippen LogP contribution in [0.25, 0.3) is 0 Å². The summed E-state index contributed by atoms with van der Waals surface area (Å²) in [7, 11) is 0. The zero-order chi connectivity index (χ0) is 19.1. The molecule has 1 N–H and O–H groups in total. The summed E-state index contributed by atoms with van der Waals surface area (Å²) >= 11 is 5.72. The molecule has 0 radical (unpaired) electrons.